The number of hydrogen-bond acceptors (Lipinski definition) is 3. The van der Waals surface area contributed by atoms with E-state index in [2.05, 4.69) is 11.9 Å². The second kappa shape index (κ2) is 6.79. The largest absolute Gasteiger partial charge is 0.461 e. The van der Waals surface area contributed by atoms with E-state index in [1.165, 1.54) is 0 Å². The van der Waals surface area contributed by atoms with Crippen molar-refractivity contribution in [3.8, 4) is 11.3 Å². The summed E-state index contributed by atoms with van der Waals surface area (Å²) >= 11 is 0. The predicted octanol–water partition coefficient (Wildman–Crippen LogP) is 2.65. The van der Waals surface area contributed by atoms with E-state index >= 15 is 0 Å². The fourth-order valence-electron chi connectivity index (χ4n) is 2.71. The third-order valence-electron chi connectivity index (χ3n) is 4.16. The monoisotopic (exact) mass is 298 g/mol. The minimum absolute atomic E-state index is 0.228. The molecule has 1 saturated heterocycles. The maximum atomic E-state index is 12.2. The van der Waals surface area contributed by atoms with E-state index in [1.54, 1.807) is 0 Å². The van der Waals surface area contributed by atoms with Gasteiger partial charge >= 0.3 is 0 Å². The number of benzene rings is 1. The van der Waals surface area contributed by atoms with Gasteiger partial charge in [0.2, 0.25) is 5.91 Å². The molecule has 116 valence electrons. The summed E-state index contributed by atoms with van der Waals surface area (Å²) in [6, 6.07) is 14.0. The smallest absolute Gasteiger partial charge is 0.223 e. The Balaban J connectivity index is 1.54. The number of nitrogens with zero attached hydrogens (tertiary/aromatic N) is 2. The zero-order valence-corrected chi connectivity index (χ0v) is 13.0. The molecule has 0 bridgehead atoms. The van der Waals surface area contributed by atoms with E-state index in [0.717, 1.165) is 43.3 Å². The molecule has 3 rings (SSSR count). The lowest BCUT2D eigenvalue weighted by atomic mass is 10.2. The third-order valence-corrected chi connectivity index (χ3v) is 4.16. The number of piperazine rings is 1. The average molecular weight is 298 g/mol. The summed E-state index contributed by atoms with van der Waals surface area (Å²) in [4.78, 5) is 16.4. The van der Waals surface area contributed by atoms with Crippen molar-refractivity contribution >= 4 is 5.91 Å². The van der Waals surface area contributed by atoms with Gasteiger partial charge in [0.1, 0.15) is 11.5 Å². The molecular formula is C18H22N2O2. The zero-order chi connectivity index (χ0) is 15.4. The molecule has 0 N–H and O–H groups in total. The standard InChI is InChI=1S/C18H22N2O2/c1-19-11-13-20(14-12-19)18(21)10-8-16-7-9-17(22-16)15-5-3-2-4-6-15/h2-7,9H,8,10-14H2,1H3. The summed E-state index contributed by atoms with van der Waals surface area (Å²) in [6.45, 7) is 3.60. The molecule has 1 aromatic heterocycles. The normalized spacial score (nSPS) is 16.0. The van der Waals surface area contributed by atoms with E-state index in [9.17, 15) is 4.79 Å². The second-order valence-electron chi connectivity index (χ2n) is 5.82. The number of furan rings is 1. The highest BCUT2D eigenvalue weighted by molar-refractivity contribution is 5.76. The molecule has 1 aromatic carbocycles. The van der Waals surface area contributed by atoms with Gasteiger partial charge in [0, 0.05) is 44.6 Å². The molecule has 2 aromatic rings. The van der Waals surface area contributed by atoms with Crippen LogP contribution in [-0.4, -0.2) is 48.9 Å². The van der Waals surface area contributed by atoms with Crippen LogP contribution in [0.4, 0.5) is 0 Å². The molecule has 4 nitrogen and oxygen atoms in total. The summed E-state index contributed by atoms with van der Waals surface area (Å²) in [5.41, 5.74) is 1.07. The lowest BCUT2D eigenvalue weighted by molar-refractivity contribution is -0.132. The Hall–Kier alpha value is -2.07. The number of aryl methyl sites for hydroxylation is 1. The Labute approximate surface area is 131 Å². The van der Waals surface area contributed by atoms with E-state index in [-0.39, 0.29) is 5.91 Å². The Morgan fingerprint density at radius 3 is 2.50 bits per heavy atom. The van der Waals surface area contributed by atoms with Crippen molar-refractivity contribution in [1.82, 2.24) is 9.80 Å². The van der Waals surface area contributed by atoms with Crippen LogP contribution in [0.2, 0.25) is 0 Å². The number of amides is 1. The maximum absolute atomic E-state index is 12.2. The van der Waals surface area contributed by atoms with Gasteiger partial charge in [-0.25, -0.2) is 0 Å². The summed E-state index contributed by atoms with van der Waals surface area (Å²) in [5, 5.41) is 0. The van der Waals surface area contributed by atoms with Crippen LogP contribution in [-0.2, 0) is 11.2 Å². The lowest BCUT2D eigenvalue weighted by Gasteiger charge is -2.32. The summed E-state index contributed by atoms with van der Waals surface area (Å²) < 4.78 is 5.85. The van der Waals surface area contributed by atoms with Crippen LogP contribution in [0, 0.1) is 0 Å². The second-order valence-corrected chi connectivity index (χ2v) is 5.82. The molecule has 2 heterocycles. The Kier molecular flexibility index (Phi) is 4.59. The minimum atomic E-state index is 0.228. The highest BCUT2D eigenvalue weighted by Crippen LogP contribution is 2.22. The van der Waals surface area contributed by atoms with Crippen LogP contribution in [0.5, 0.6) is 0 Å². The number of likely N-dealkylation sites (N-methyl/N-ethyl adjacent to an activating group) is 1. The van der Waals surface area contributed by atoms with Crippen molar-refractivity contribution in [2.24, 2.45) is 0 Å². The maximum Gasteiger partial charge on any atom is 0.223 e. The van der Waals surface area contributed by atoms with E-state index in [0.29, 0.717) is 12.8 Å². The zero-order valence-electron chi connectivity index (χ0n) is 13.0. The topological polar surface area (TPSA) is 36.7 Å². The van der Waals surface area contributed by atoms with Gasteiger partial charge in [-0.2, -0.15) is 0 Å². The first kappa shape index (κ1) is 14.9. The van der Waals surface area contributed by atoms with Gasteiger partial charge in [0.15, 0.2) is 0 Å². The number of carbonyl (C=O) groups is 1. The number of carbonyl (C=O) groups excluding carboxylic acids is 1. The molecule has 4 heteroatoms. The molecule has 0 atom stereocenters. The quantitative estimate of drug-likeness (QED) is 0.871. The molecule has 1 fully saturated rings. The third kappa shape index (κ3) is 3.57. The fraction of sp³-hybridized carbons (Fsp3) is 0.389. The van der Waals surface area contributed by atoms with Crippen LogP contribution < -0.4 is 0 Å². The van der Waals surface area contributed by atoms with Gasteiger partial charge in [-0.1, -0.05) is 30.3 Å². The van der Waals surface area contributed by atoms with Crippen molar-refractivity contribution < 1.29 is 9.21 Å². The van der Waals surface area contributed by atoms with Gasteiger partial charge in [0.05, 0.1) is 0 Å². The van der Waals surface area contributed by atoms with Crippen molar-refractivity contribution in [3.05, 3.63) is 48.2 Å². The molecule has 0 radical (unpaired) electrons. The Bertz CT molecular complexity index is 613. The van der Waals surface area contributed by atoms with Crippen LogP contribution in [0.1, 0.15) is 12.2 Å². The van der Waals surface area contributed by atoms with Crippen LogP contribution >= 0.6 is 0 Å². The van der Waals surface area contributed by atoms with E-state index in [1.807, 2.05) is 47.4 Å². The van der Waals surface area contributed by atoms with Crippen LogP contribution in [0.3, 0.4) is 0 Å². The first-order valence-electron chi connectivity index (χ1n) is 7.83. The Morgan fingerprint density at radius 2 is 1.77 bits per heavy atom. The predicted molar refractivity (Wildman–Crippen MR) is 86.5 cm³/mol. The lowest BCUT2D eigenvalue weighted by Crippen LogP contribution is -2.47. The molecule has 0 aliphatic carbocycles. The molecule has 22 heavy (non-hydrogen) atoms. The van der Waals surface area contributed by atoms with Crippen molar-refractivity contribution in [2.75, 3.05) is 33.2 Å². The Morgan fingerprint density at radius 1 is 1.05 bits per heavy atom. The SMILES string of the molecule is CN1CCN(C(=O)CCc2ccc(-c3ccccc3)o2)CC1. The van der Waals surface area contributed by atoms with Gasteiger partial charge in [-0.15, -0.1) is 0 Å². The van der Waals surface area contributed by atoms with E-state index in [4.69, 9.17) is 4.42 Å². The minimum Gasteiger partial charge on any atom is -0.461 e. The first-order chi connectivity index (χ1) is 10.7. The molecule has 0 spiro atoms. The van der Waals surface area contributed by atoms with Crippen molar-refractivity contribution in [1.29, 1.82) is 0 Å². The molecule has 0 saturated carbocycles. The first-order valence-corrected chi connectivity index (χ1v) is 7.83. The van der Waals surface area contributed by atoms with Crippen LogP contribution in [0.25, 0.3) is 11.3 Å². The summed E-state index contributed by atoms with van der Waals surface area (Å²) in [5.74, 6) is 1.97. The highest BCUT2D eigenvalue weighted by Gasteiger charge is 2.19. The fourth-order valence-corrected chi connectivity index (χ4v) is 2.71. The summed E-state index contributed by atoms with van der Waals surface area (Å²) in [6.07, 6.45) is 1.18. The van der Waals surface area contributed by atoms with Gasteiger partial charge < -0.3 is 14.2 Å². The van der Waals surface area contributed by atoms with Crippen molar-refractivity contribution in [3.63, 3.8) is 0 Å². The number of rotatable bonds is 4. The highest BCUT2D eigenvalue weighted by atomic mass is 16.3. The van der Waals surface area contributed by atoms with Gasteiger partial charge in [-0.05, 0) is 19.2 Å². The number of hydrogen-bond donors (Lipinski definition) is 0. The van der Waals surface area contributed by atoms with Gasteiger partial charge in [0.25, 0.3) is 0 Å². The average Bonchev–Trinajstić information content (AvgIpc) is 3.03. The molecule has 1 aliphatic rings. The molecule has 1 aliphatic heterocycles. The molecular weight excluding hydrogens is 276 g/mol. The van der Waals surface area contributed by atoms with Crippen molar-refractivity contribution in [2.45, 2.75) is 12.8 Å². The summed E-state index contributed by atoms with van der Waals surface area (Å²) in [7, 11) is 2.09. The molecule has 0 unspecified atom stereocenters. The van der Waals surface area contributed by atoms with E-state index < -0.39 is 0 Å². The molecule has 1 amide bonds. The van der Waals surface area contributed by atoms with Crippen LogP contribution in [0.15, 0.2) is 46.9 Å². The van der Waals surface area contributed by atoms with Gasteiger partial charge in [-0.3, -0.25) is 4.79 Å².